The van der Waals surface area contributed by atoms with Crippen LogP contribution in [-0.2, 0) is 30.4 Å². The van der Waals surface area contributed by atoms with Gasteiger partial charge in [0.15, 0.2) is 0 Å². The van der Waals surface area contributed by atoms with Crippen LogP contribution in [0.5, 0.6) is 0 Å². The van der Waals surface area contributed by atoms with Crippen molar-refractivity contribution in [1.82, 2.24) is 5.32 Å². The van der Waals surface area contributed by atoms with Gasteiger partial charge in [-0.05, 0) is 5.56 Å². The number of hydrogen-bond donors (Lipinski definition) is 1. The van der Waals surface area contributed by atoms with E-state index in [4.69, 9.17) is 9.47 Å². The van der Waals surface area contributed by atoms with E-state index in [1.807, 2.05) is 30.3 Å². The fourth-order valence-corrected chi connectivity index (χ4v) is 1.88. The van der Waals surface area contributed by atoms with Crippen LogP contribution in [0.15, 0.2) is 30.3 Å². The van der Waals surface area contributed by atoms with E-state index in [1.165, 1.54) is 7.11 Å². The summed E-state index contributed by atoms with van der Waals surface area (Å²) < 4.78 is 36.4. The van der Waals surface area contributed by atoms with E-state index >= 15 is 0 Å². The molecule has 0 saturated carbocycles. The molecule has 1 amide bonds. The molecule has 118 valence electrons. The van der Waals surface area contributed by atoms with Crippen LogP contribution in [0.3, 0.4) is 0 Å². The van der Waals surface area contributed by atoms with Gasteiger partial charge in [-0.3, -0.25) is 4.18 Å². The Labute approximate surface area is 124 Å². The molecule has 7 nitrogen and oxygen atoms in total. The number of carbonyl (C=O) groups is 1. The number of benzene rings is 1. The standard InChI is InChI=1S/C13H19NO6S/c1-18-9-12(10-20-21(2,16)17)14-13(15)19-8-11-6-4-3-5-7-11/h3-7,12H,8-10H2,1-2H3,(H,14,15)/t12-/m0/s1. The van der Waals surface area contributed by atoms with Gasteiger partial charge in [0.1, 0.15) is 6.61 Å². The smallest absolute Gasteiger partial charge is 0.407 e. The van der Waals surface area contributed by atoms with Gasteiger partial charge in [-0.15, -0.1) is 0 Å². The quantitative estimate of drug-likeness (QED) is 0.717. The molecule has 1 N–H and O–H groups in total. The van der Waals surface area contributed by atoms with Gasteiger partial charge in [-0.1, -0.05) is 30.3 Å². The number of nitrogens with one attached hydrogen (secondary N) is 1. The summed E-state index contributed by atoms with van der Waals surface area (Å²) in [5.74, 6) is 0. The summed E-state index contributed by atoms with van der Waals surface area (Å²) in [5, 5.41) is 2.49. The van der Waals surface area contributed by atoms with Crippen molar-refractivity contribution in [2.24, 2.45) is 0 Å². The molecular weight excluding hydrogens is 298 g/mol. The Balaban J connectivity index is 2.41. The predicted octanol–water partition coefficient (Wildman–Crippen LogP) is 0.904. The zero-order valence-corrected chi connectivity index (χ0v) is 12.8. The van der Waals surface area contributed by atoms with Gasteiger partial charge in [0.05, 0.1) is 25.5 Å². The van der Waals surface area contributed by atoms with Crippen LogP contribution in [0.2, 0.25) is 0 Å². The Morgan fingerprint density at radius 3 is 2.48 bits per heavy atom. The first-order chi connectivity index (χ1) is 9.90. The first kappa shape index (κ1) is 17.4. The molecule has 0 fully saturated rings. The highest BCUT2D eigenvalue weighted by Crippen LogP contribution is 2.01. The molecule has 1 aromatic rings. The third-order valence-corrected chi connectivity index (χ3v) is 2.95. The van der Waals surface area contributed by atoms with Crippen LogP contribution in [0.25, 0.3) is 0 Å². The van der Waals surface area contributed by atoms with Crippen LogP contribution in [0.4, 0.5) is 4.79 Å². The van der Waals surface area contributed by atoms with Gasteiger partial charge in [-0.25, -0.2) is 4.79 Å². The van der Waals surface area contributed by atoms with E-state index in [0.717, 1.165) is 11.8 Å². The molecule has 0 aliphatic heterocycles. The zero-order valence-electron chi connectivity index (χ0n) is 11.9. The monoisotopic (exact) mass is 317 g/mol. The maximum Gasteiger partial charge on any atom is 0.407 e. The summed E-state index contributed by atoms with van der Waals surface area (Å²) in [6.45, 7) is 0.0162. The van der Waals surface area contributed by atoms with Gasteiger partial charge >= 0.3 is 6.09 Å². The lowest BCUT2D eigenvalue weighted by Gasteiger charge is -2.17. The van der Waals surface area contributed by atoms with Crippen molar-refractivity contribution in [3.63, 3.8) is 0 Å². The third kappa shape index (κ3) is 8.28. The maximum atomic E-state index is 11.6. The number of amides is 1. The molecule has 0 saturated heterocycles. The summed E-state index contributed by atoms with van der Waals surface area (Å²) in [4.78, 5) is 11.6. The molecule has 0 aromatic heterocycles. The Hall–Kier alpha value is -1.64. The number of hydrogen-bond acceptors (Lipinski definition) is 6. The van der Waals surface area contributed by atoms with Crippen LogP contribution in [0.1, 0.15) is 5.56 Å². The minimum Gasteiger partial charge on any atom is -0.445 e. The topological polar surface area (TPSA) is 90.9 Å². The maximum absolute atomic E-state index is 11.6. The number of alkyl carbamates (subject to hydrolysis) is 1. The van der Waals surface area contributed by atoms with Crippen LogP contribution in [-0.4, -0.2) is 47.1 Å². The van der Waals surface area contributed by atoms with Crippen molar-refractivity contribution in [2.45, 2.75) is 12.6 Å². The van der Waals surface area contributed by atoms with Gasteiger partial charge in [0.25, 0.3) is 10.1 Å². The second-order valence-electron chi connectivity index (χ2n) is 4.35. The number of methoxy groups -OCH3 is 1. The second-order valence-corrected chi connectivity index (χ2v) is 5.99. The van der Waals surface area contributed by atoms with E-state index in [2.05, 4.69) is 9.50 Å². The molecule has 1 rings (SSSR count). The zero-order chi connectivity index (χ0) is 15.7. The van der Waals surface area contributed by atoms with E-state index in [0.29, 0.717) is 0 Å². The molecule has 1 atom stereocenters. The molecule has 8 heteroatoms. The lowest BCUT2D eigenvalue weighted by atomic mass is 10.2. The minimum absolute atomic E-state index is 0.107. The summed E-state index contributed by atoms with van der Waals surface area (Å²) in [6, 6.07) is 8.57. The molecule has 0 unspecified atom stereocenters. The SMILES string of the molecule is COC[C@@H](COS(C)(=O)=O)NC(=O)OCc1ccccc1. The van der Waals surface area contributed by atoms with Crippen LogP contribution in [0, 0.1) is 0 Å². The third-order valence-electron chi connectivity index (χ3n) is 2.39. The Morgan fingerprint density at radius 2 is 1.90 bits per heavy atom. The first-order valence-corrected chi connectivity index (χ1v) is 8.03. The van der Waals surface area contributed by atoms with Crippen molar-refractivity contribution < 1.29 is 26.9 Å². The lowest BCUT2D eigenvalue weighted by molar-refractivity contribution is 0.108. The molecule has 1 aromatic carbocycles. The average molecular weight is 317 g/mol. The molecule has 21 heavy (non-hydrogen) atoms. The molecule has 0 heterocycles. The minimum atomic E-state index is -3.58. The number of carbonyl (C=O) groups excluding carboxylic acids is 1. The van der Waals surface area contributed by atoms with Crippen molar-refractivity contribution in [1.29, 1.82) is 0 Å². The second kappa shape index (κ2) is 8.60. The highest BCUT2D eigenvalue weighted by molar-refractivity contribution is 7.85. The number of rotatable bonds is 8. The fourth-order valence-electron chi connectivity index (χ4n) is 1.47. The summed E-state index contributed by atoms with van der Waals surface area (Å²) in [6.07, 6.45) is 0.267. The van der Waals surface area contributed by atoms with E-state index in [1.54, 1.807) is 0 Å². The first-order valence-electron chi connectivity index (χ1n) is 6.21. The van der Waals surface area contributed by atoms with Crippen molar-refractivity contribution >= 4 is 16.2 Å². The summed E-state index contributed by atoms with van der Waals surface area (Å²) >= 11 is 0. The van der Waals surface area contributed by atoms with E-state index in [9.17, 15) is 13.2 Å². The molecule has 0 radical (unpaired) electrons. The largest absolute Gasteiger partial charge is 0.445 e. The molecule has 0 aliphatic carbocycles. The Morgan fingerprint density at radius 1 is 1.24 bits per heavy atom. The lowest BCUT2D eigenvalue weighted by Crippen LogP contribution is -2.42. The Bertz CT molecular complexity index is 531. The van der Waals surface area contributed by atoms with Crippen molar-refractivity contribution in [3.05, 3.63) is 35.9 Å². The predicted molar refractivity (Wildman–Crippen MR) is 76.2 cm³/mol. The van der Waals surface area contributed by atoms with Crippen LogP contribution >= 0.6 is 0 Å². The summed E-state index contributed by atoms with van der Waals surface area (Å²) in [7, 11) is -2.14. The number of ether oxygens (including phenoxy) is 2. The van der Waals surface area contributed by atoms with Crippen LogP contribution < -0.4 is 5.32 Å². The van der Waals surface area contributed by atoms with Crippen molar-refractivity contribution in [2.75, 3.05) is 26.6 Å². The highest BCUT2D eigenvalue weighted by atomic mass is 32.2. The van der Waals surface area contributed by atoms with Crippen molar-refractivity contribution in [3.8, 4) is 0 Å². The van der Waals surface area contributed by atoms with E-state index in [-0.39, 0.29) is 19.8 Å². The highest BCUT2D eigenvalue weighted by Gasteiger charge is 2.16. The van der Waals surface area contributed by atoms with Gasteiger partial charge in [0.2, 0.25) is 0 Å². The van der Waals surface area contributed by atoms with E-state index < -0.39 is 22.3 Å². The molecule has 0 bridgehead atoms. The average Bonchev–Trinajstić information content (AvgIpc) is 2.43. The fraction of sp³-hybridized carbons (Fsp3) is 0.462. The molecular formula is C13H19NO6S. The normalized spacial score (nSPS) is 12.7. The molecule has 0 aliphatic rings. The van der Waals surface area contributed by atoms with Gasteiger partial charge in [0, 0.05) is 7.11 Å². The Kier molecular flexibility index (Phi) is 7.13. The molecule has 0 spiro atoms. The van der Waals surface area contributed by atoms with Gasteiger partial charge in [-0.2, -0.15) is 8.42 Å². The summed E-state index contributed by atoms with van der Waals surface area (Å²) in [5.41, 5.74) is 0.850. The van der Waals surface area contributed by atoms with Gasteiger partial charge < -0.3 is 14.8 Å².